The molecule has 1 aromatic heterocycles. The number of allylic oxidation sites excluding steroid dienone is 2. The zero-order chi connectivity index (χ0) is 30.8. The van der Waals surface area contributed by atoms with Crippen LogP contribution < -0.4 is 10.6 Å². The van der Waals surface area contributed by atoms with Crippen molar-refractivity contribution in [1.82, 2.24) is 15.2 Å². The number of aliphatic hydroxyl groups excluding tert-OH is 1. The number of amides is 4. The Morgan fingerprint density at radius 3 is 2.73 bits per heavy atom. The largest absolute Gasteiger partial charge is 0.511 e. The quantitative estimate of drug-likeness (QED) is 0.262. The molecule has 224 valence electrons. The summed E-state index contributed by atoms with van der Waals surface area (Å²) >= 11 is 1.16. The Labute approximate surface area is 255 Å². The molecule has 2 atom stereocenters. The molecule has 1 saturated heterocycles. The van der Waals surface area contributed by atoms with Gasteiger partial charge in [-0.15, -0.1) is 0 Å². The van der Waals surface area contributed by atoms with Gasteiger partial charge in [0.05, 0.1) is 10.5 Å². The van der Waals surface area contributed by atoms with Crippen molar-refractivity contribution >= 4 is 58.0 Å². The van der Waals surface area contributed by atoms with Crippen molar-refractivity contribution in [1.29, 1.82) is 0 Å². The van der Waals surface area contributed by atoms with Gasteiger partial charge in [-0.05, 0) is 30.0 Å². The van der Waals surface area contributed by atoms with Gasteiger partial charge in [0.1, 0.15) is 18.4 Å². The fourth-order valence-electron chi connectivity index (χ4n) is 5.55. The zero-order valence-electron chi connectivity index (χ0n) is 23.3. The minimum atomic E-state index is -0.765. The highest BCUT2D eigenvalue weighted by molar-refractivity contribution is 7.15. The summed E-state index contributed by atoms with van der Waals surface area (Å²) in [6, 6.07) is 13.7. The van der Waals surface area contributed by atoms with E-state index in [4.69, 9.17) is 4.74 Å². The first-order valence-electron chi connectivity index (χ1n) is 14.0. The smallest absolute Gasteiger partial charge is 0.411 e. The SMILES string of the molecule is O=C1CCC(N2Cc3c(NC(=O)OCc4cnc(N=CC5=C(O)CC(c6ccccc6)CC5=O)s4)cccc3C2=O)C(=O)N1. The number of anilines is 1. The zero-order valence-corrected chi connectivity index (χ0v) is 24.1. The van der Waals surface area contributed by atoms with Gasteiger partial charge in [0.2, 0.25) is 16.9 Å². The highest BCUT2D eigenvalue weighted by Gasteiger charge is 2.40. The molecule has 3 aromatic rings. The van der Waals surface area contributed by atoms with Crippen LogP contribution in [0.2, 0.25) is 0 Å². The number of Topliss-reactive ketones (excluding diaryl/α,β-unsaturated/α-hetero) is 1. The van der Waals surface area contributed by atoms with Gasteiger partial charge in [-0.1, -0.05) is 47.7 Å². The molecule has 2 aromatic carbocycles. The number of aromatic nitrogens is 1. The van der Waals surface area contributed by atoms with E-state index < -0.39 is 18.0 Å². The highest BCUT2D eigenvalue weighted by atomic mass is 32.1. The van der Waals surface area contributed by atoms with Gasteiger partial charge in [0.25, 0.3) is 5.91 Å². The summed E-state index contributed by atoms with van der Waals surface area (Å²) in [5.74, 6) is -1.52. The maximum atomic E-state index is 13.0. The molecule has 0 spiro atoms. The maximum Gasteiger partial charge on any atom is 0.411 e. The van der Waals surface area contributed by atoms with Crippen molar-refractivity contribution in [3.63, 3.8) is 0 Å². The number of carbonyl (C=O) groups excluding carboxylic acids is 5. The molecule has 1 aliphatic carbocycles. The van der Waals surface area contributed by atoms with Gasteiger partial charge in [0.15, 0.2) is 5.78 Å². The number of piperidine rings is 1. The van der Waals surface area contributed by atoms with E-state index in [1.54, 1.807) is 18.2 Å². The first kappa shape index (κ1) is 28.9. The van der Waals surface area contributed by atoms with Crippen molar-refractivity contribution in [2.24, 2.45) is 4.99 Å². The van der Waals surface area contributed by atoms with Crippen molar-refractivity contribution in [3.05, 3.63) is 87.6 Å². The molecule has 13 heteroatoms. The predicted octanol–water partition coefficient (Wildman–Crippen LogP) is 4.31. The fourth-order valence-corrected chi connectivity index (χ4v) is 6.22. The maximum absolute atomic E-state index is 13.0. The van der Waals surface area contributed by atoms with Crippen LogP contribution in [0.25, 0.3) is 0 Å². The fraction of sp³-hybridized carbons (Fsp3) is 0.258. The number of hydrogen-bond donors (Lipinski definition) is 3. The number of nitrogens with zero attached hydrogens (tertiary/aromatic N) is 3. The van der Waals surface area contributed by atoms with E-state index in [0.717, 1.165) is 16.9 Å². The second-order valence-corrected chi connectivity index (χ2v) is 11.7. The van der Waals surface area contributed by atoms with Gasteiger partial charge in [-0.2, -0.15) is 0 Å². The van der Waals surface area contributed by atoms with E-state index >= 15 is 0 Å². The summed E-state index contributed by atoms with van der Waals surface area (Å²) in [5.41, 5.74) is 2.46. The minimum absolute atomic E-state index is 0.00929. The van der Waals surface area contributed by atoms with Gasteiger partial charge < -0.3 is 14.7 Å². The molecule has 0 radical (unpaired) electrons. The lowest BCUT2D eigenvalue weighted by molar-refractivity contribution is -0.137. The molecule has 1 fully saturated rings. The molecular formula is C31H27N5O7S. The number of benzene rings is 2. The van der Waals surface area contributed by atoms with Crippen LogP contribution in [0.15, 0.2) is 71.1 Å². The number of imide groups is 1. The number of nitrogens with one attached hydrogen (secondary N) is 2. The van der Waals surface area contributed by atoms with E-state index in [-0.39, 0.29) is 67.3 Å². The second kappa shape index (κ2) is 12.2. The average Bonchev–Trinajstić information content (AvgIpc) is 3.60. The Morgan fingerprint density at radius 2 is 1.95 bits per heavy atom. The molecule has 2 unspecified atom stereocenters. The molecule has 0 bridgehead atoms. The molecule has 3 heterocycles. The van der Waals surface area contributed by atoms with Crippen LogP contribution in [0.4, 0.5) is 15.6 Å². The van der Waals surface area contributed by atoms with Crippen LogP contribution in [0.5, 0.6) is 0 Å². The highest BCUT2D eigenvalue weighted by Crippen LogP contribution is 2.34. The van der Waals surface area contributed by atoms with Crippen molar-refractivity contribution in [2.75, 3.05) is 5.32 Å². The van der Waals surface area contributed by atoms with Crippen LogP contribution in [-0.2, 0) is 32.3 Å². The molecule has 6 rings (SSSR count). The number of hydrogen-bond acceptors (Lipinski definition) is 10. The third-order valence-electron chi connectivity index (χ3n) is 7.76. The number of rotatable bonds is 7. The molecule has 3 N–H and O–H groups in total. The van der Waals surface area contributed by atoms with Crippen LogP contribution in [0.3, 0.4) is 0 Å². The molecule has 0 saturated carbocycles. The van der Waals surface area contributed by atoms with E-state index in [1.165, 1.54) is 17.3 Å². The Bertz CT molecular complexity index is 1730. The third kappa shape index (κ3) is 5.99. The summed E-state index contributed by atoms with van der Waals surface area (Å²) < 4.78 is 5.35. The van der Waals surface area contributed by atoms with Crippen molar-refractivity contribution in [3.8, 4) is 0 Å². The second-order valence-electron chi connectivity index (χ2n) is 10.6. The van der Waals surface area contributed by atoms with Crippen LogP contribution in [0.1, 0.15) is 58.0 Å². The number of ketones is 1. The molecule has 4 amide bonds. The summed E-state index contributed by atoms with van der Waals surface area (Å²) in [5, 5.41) is 15.8. The van der Waals surface area contributed by atoms with Crippen molar-refractivity contribution < 1.29 is 33.8 Å². The number of carbonyl (C=O) groups is 5. The summed E-state index contributed by atoms with van der Waals surface area (Å²) in [7, 11) is 0. The van der Waals surface area contributed by atoms with E-state index in [2.05, 4.69) is 20.6 Å². The van der Waals surface area contributed by atoms with Gasteiger partial charge >= 0.3 is 6.09 Å². The number of aliphatic hydroxyl groups is 1. The predicted molar refractivity (Wildman–Crippen MR) is 160 cm³/mol. The summed E-state index contributed by atoms with van der Waals surface area (Å²) in [6.07, 6.45) is 3.08. The van der Waals surface area contributed by atoms with E-state index in [0.29, 0.717) is 33.2 Å². The lowest BCUT2D eigenvalue weighted by atomic mass is 9.83. The lowest BCUT2D eigenvalue weighted by Crippen LogP contribution is -2.52. The first-order chi connectivity index (χ1) is 21.3. The molecule has 12 nitrogen and oxygen atoms in total. The van der Waals surface area contributed by atoms with Crippen LogP contribution >= 0.6 is 11.3 Å². The van der Waals surface area contributed by atoms with Gasteiger partial charge in [-0.25, -0.2) is 14.8 Å². The normalized spacial score (nSPS) is 20.2. The average molecular weight is 614 g/mol. The first-order valence-corrected chi connectivity index (χ1v) is 14.8. The summed E-state index contributed by atoms with van der Waals surface area (Å²) in [6.45, 7) is 0.00944. The number of ether oxygens (including phenoxy) is 1. The van der Waals surface area contributed by atoms with Gasteiger partial charge in [-0.3, -0.25) is 29.8 Å². The number of thiazole rings is 1. The summed E-state index contributed by atoms with van der Waals surface area (Å²) in [4.78, 5) is 72.6. The Morgan fingerprint density at radius 1 is 1.14 bits per heavy atom. The number of aliphatic imine (C=N–C) groups is 1. The molecule has 3 aliphatic rings. The standard InChI is InChI=1S/C31H27N5O7S/c37-25-11-18(17-5-2-1-3-6-17)12-26(38)21(25)14-33-30-32-13-19(44-30)16-43-31(42)34-23-8-4-7-20-22(23)15-36(29(20)41)24-9-10-27(39)35-28(24)40/h1-8,13-14,18,24,37H,9-12,15-16H2,(H,34,42)(H,35,39,40). The topological polar surface area (TPSA) is 167 Å². The lowest BCUT2D eigenvalue weighted by Gasteiger charge is -2.29. The Hall–Kier alpha value is -5.17. The van der Waals surface area contributed by atoms with E-state index in [1.807, 2.05) is 30.3 Å². The Kier molecular flexibility index (Phi) is 8.03. The molecular weight excluding hydrogens is 586 g/mol. The Balaban J connectivity index is 1.04. The number of fused-ring (bicyclic) bond motifs is 1. The third-order valence-corrected chi connectivity index (χ3v) is 8.64. The minimum Gasteiger partial charge on any atom is -0.511 e. The van der Waals surface area contributed by atoms with Crippen LogP contribution in [-0.4, -0.2) is 56.8 Å². The molecule has 2 aliphatic heterocycles. The van der Waals surface area contributed by atoms with Gasteiger partial charge in [0, 0.05) is 55.0 Å². The molecule has 44 heavy (non-hydrogen) atoms. The van der Waals surface area contributed by atoms with Crippen LogP contribution in [0, 0.1) is 0 Å². The van der Waals surface area contributed by atoms with Crippen molar-refractivity contribution in [2.45, 2.75) is 50.8 Å². The monoisotopic (exact) mass is 613 g/mol. The van der Waals surface area contributed by atoms with E-state index in [9.17, 15) is 29.1 Å².